The lowest BCUT2D eigenvalue weighted by molar-refractivity contribution is -0.117. The number of hydrogen-bond donors (Lipinski definition) is 1. The second-order valence-electron chi connectivity index (χ2n) is 7.94. The molecule has 1 aliphatic rings. The SMILES string of the molecule is CCc1ccc(N2C[C@H](c3nnc(NC(=O)CS(=O)(=O)Cc4ccccc4)s3)CC2=O)cc1. The van der Waals surface area contributed by atoms with Gasteiger partial charge in [-0.05, 0) is 29.7 Å². The van der Waals surface area contributed by atoms with Crippen LogP contribution in [0.5, 0.6) is 0 Å². The van der Waals surface area contributed by atoms with Crippen molar-refractivity contribution >= 4 is 43.8 Å². The van der Waals surface area contributed by atoms with Gasteiger partial charge >= 0.3 is 0 Å². The molecule has 4 rings (SSSR count). The van der Waals surface area contributed by atoms with Gasteiger partial charge < -0.3 is 4.90 Å². The number of amides is 2. The van der Waals surface area contributed by atoms with Crippen LogP contribution in [-0.2, 0) is 31.6 Å². The molecule has 0 aliphatic carbocycles. The fourth-order valence-electron chi connectivity index (χ4n) is 3.72. The molecule has 1 aliphatic heterocycles. The van der Waals surface area contributed by atoms with E-state index in [9.17, 15) is 18.0 Å². The fourth-order valence-corrected chi connectivity index (χ4v) is 5.84. The first-order chi connectivity index (χ1) is 15.8. The Hall–Kier alpha value is -3.11. The van der Waals surface area contributed by atoms with Crippen molar-refractivity contribution in [2.45, 2.75) is 31.4 Å². The van der Waals surface area contributed by atoms with Crippen LogP contribution in [0.1, 0.15) is 35.4 Å². The average Bonchev–Trinajstić information content (AvgIpc) is 3.40. The van der Waals surface area contributed by atoms with E-state index >= 15 is 0 Å². The molecule has 10 heteroatoms. The van der Waals surface area contributed by atoms with Gasteiger partial charge in [0.15, 0.2) is 9.84 Å². The molecule has 172 valence electrons. The molecule has 0 radical (unpaired) electrons. The summed E-state index contributed by atoms with van der Waals surface area (Å²) in [5.74, 6) is -1.62. The lowest BCUT2D eigenvalue weighted by Crippen LogP contribution is -2.24. The number of benzene rings is 2. The molecular weight excluding hydrogens is 460 g/mol. The Morgan fingerprint density at radius 1 is 1.09 bits per heavy atom. The minimum atomic E-state index is -3.62. The third kappa shape index (κ3) is 5.82. The number of nitrogens with zero attached hydrogens (tertiary/aromatic N) is 3. The van der Waals surface area contributed by atoms with Crippen LogP contribution in [0.25, 0.3) is 0 Å². The van der Waals surface area contributed by atoms with Crippen LogP contribution in [-0.4, -0.2) is 42.7 Å². The molecule has 8 nitrogen and oxygen atoms in total. The van der Waals surface area contributed by atoms with Crippen molar-refractivity contribution in [3.05, 3.63) is 70.7 Å². The van der Waals surface area contributed by atoms with Gasteiger partial charge in [-0.15, -0.1) is 10.2 Å². The average molecular weight is 485 g/mol. The van der Waals surface area contributed by atoms with Crippen LogP contribution in [0.3, 0.4) is 0 Å². The molecule has 0 unspecified atom stereocenters. The van der Waals surface area contributed by atoms with Crippen LogP contribution < -0.4 is 10.2 Å². The standard InChI is InChI=1S/C23H24N4O4S2/c1-2-16-8-10-19(11-9-16)27-13-18(12-21(27)29)22-25-26-23(32-22)24-20(28)15-33(30,31)14-17-6-4-3-5-7-17/h3-11,18H,2,12-15H2,1H3,(H,24,26,28)/t18-/m1/s1. The van der Waals surface area contributed by atoms with E-state index in [4.69, 9.17) is 0 Å². The number of sulfone groups is 1. The van der Waals surface area contributed by atoms with E-state index in [1.54, 1.807) is 35.2 Å². The molecule has 2 aromatic carbocycles. The molecule has 0 bridgehead atoms. The van der Waals surface area contributed by atoms with Gasteiger partial charge in [0.1, 0.15) is 10.8 Å². The molecule has 1 N–H and O–H groups in total. The Bertz CT molecular complexity index is 1240. The molecule has 1 aromatic heterocycles. The molecule has 1 atom stereocenters. The van der Waals surface area contributed by atoms with Crippen molar-refractivity contribution in [3.8, 4) is 0 Å². The zero-order chi connectivity index (χ0) is 23.4. The highest BCUT2D eigenvalue weighted by atomic mass is 32.2. The minimum absolute atomic E-state index is 0.0111. The van der Waals surface area contributed by atoms with Gasteiger partial charge in [-0.3, -0.25) is 14.9 Å². The predicted molar refractivity (Wildman–Crippen MR) is 128 cm³/mol. The Morgan fingerprint density at radius 2 is 1.82 bits per heavy atom. The van der Waals surface area contributed by atoms with Gasteiger partial charge in [-0.1, -0.05) is 60.7 Å². The molecule has 3 aromatic rings. The molecule has 0 saturated carbocycles. The van der Waals surface area contributed by atoms with E-state index in [1.807, 2.05) is 24.3 Å². The van der Waals surface area contributed by atoms with Crippen molar-refractivity contribution in [1.29, 1.82) is 0 Å². The quantitative estimate of drug-likeness (QED) is 0.526. The Labute approximate surface area is 196 Å². The van der Waals surface area contributed by atoms with Gasteiger partial charge in [-0.25, -0.2) is 8.42 Å². The number of anilines is 2. The Morgan fingerprint density at radius 3 is 2.52 bits per heavy atom. The molecule has 2 heterocycles. The van der Waals surface area contributed by atoms with Crippen molar-refractivity contribution in [1.82, 2.24) is 10.2 Å². The largest absolute Gasteiger partial charge is 0.312 e. The second kappa shape index (κ2) is 9.80. The summed E-state index contributed by atoms with van der Waals surface area (Å²) in [5.41, 5.74) is 2.68. The first-order valence-electron chi connectivity index (χ1n) is 10.6. The smallest absolute Gasteiger partial charge is 0.241 e. The number of carbonyl (C=O) groups excluding carboxylic acids is 2. The van der Waals surface area contributed by atoms with Crippen LogP contribution in [0, 0.1) is 0 Å². The molecule has 2 amide bonds. The normalized spacial score (nSPS) is 16.2. The number of aromatic nitrogens is 2. The van der Waals surface area contributed by atoms with Crippen LogP contribution in [0.15, 0.2) is 54.6 Å². The van der Waals surface area contributed by atoms with Crippen LogP contribution in [0.2, 0.25) is 0 Å². The maximum absolute atomic E-state index is 12.6. The first-order valence-corrected chi connectivity index (χ1v) is 13.2. The van der Waals surface area contributed by atoms with E-state index in [-0.39, 0.29) is 22.7 Å². The van der Waals surface area contributed by atoms with Crippen molar-refractivity contribution < 1.29 is 18.0 Å². The van der Waals surface area contributed by atoms with Crippen LogP contribution >= 0.6 is 11.3 Å². The highest BCUT2D eigenvalue weighted by molar-refractivity contribution is 7.91. The summed E-state index contributed by atoms with van der Waals surface area (Å²) in [7, 11) is -3.62. The topological polar surface area (TPSA) is 109 Å². The lowest BCUT2D eigenvalue weighted by Gasteiger charge is -2.16. The lowest BCUT2D eigenvalue weighted by atomic mass is 10.1. The summed E-state index contributed by atoms with van der Waals surface area (Å²) < 4.78 is 24.7. The number of carbonyl (C=O) groups is 2. The summed E-state index contributed by atoms with van der Waals surface area (Å²) in [5, 5.41) is 11.5. The molecule has 33 heavy (non-hydrogen) atoms. The maximum Gasteiger partial charge on any atom is 0.241 e. The summed E-state index contributed by atoms with van der Waals surface area (Å²) in [6.45, 7) is 2.56. The molecule has 1 saturated heterocycles. The van der Waals surface area contributed by atoms with E-state index < -0.39 is 21.5 Å². The van der Waals surface area contributed by atoms with Gasteiger partial charge in [0.2, 0.25) is 16.9 Å². The third-order valence-electron chi connectivity index (χ3n) is 5.40. The molecular formula is C23H24N4O4S2. The van der Waals surface area contributed by atoms with E-state index in [0.29, 0.717) is 23.5 Å². The number of nitrogens with one attached hydrogen (secondary N) is 1. The highest BCUT2D eigenvalue weighted by Gasteiger charge is 2.34. The van der Waals surface area contributed by atoms with Crippen molar-refractivity contribution in [3.63, 3.8) is 0 Å². The zero-order valence-electron chi connectivity index (χ0n) is 18.1. The van der Waals surface area contributed by atoms with Crippen LogP contribution in [0.4, 0.5) is 10.8 Å². The Balaban J connectivity index is 1.35. The zero-order valence-corrected chi connectivity index (χ0v) is 19.7. The molecule has 1 fully saturated rings. The van der Waals surface area contributed by atoms with E-state index in [1.165, 1.54) is 16.9 Å². The number of rotatable bonds is 8. The first kappa shape index (κ1) is 23.1. The summed E-state index contributed by atoms with van der Waals surface area (Å²) >= 11 is 1.17. The van der Waals surface area contributed by atoms with E-state index in [0.717, 1.165) is 12.1 Å². The number of hydrogen-bond acceptors (Lipinski definition) is 7. The van der Waals surface area contributed by atoms with Gasteiger partial charge in [0.05, 0.1) is 5.75 Å². The second-order valence-corrected chi connectivity index (χ2v) is 11.0. The van der Waals surface area contributed by atoms with E-state index in [2.05, 4.69) is 22.4 Å². The summed E-state index contributed by atoms with van der Waals surface area (Å²) in [6.07, 6.45) is 1.24. The van der Waals surface area contributed by atoms with Gasteiger partial charge in [0, 0.05) is 24.6 Å². The predicted octanol–water partition coefficient (Wildman–Crippen LogP) is 3.17. The van der Waals surface area contributed by atoms with Gasteiger partial charge in [0.25, 0.3) is 0 Å². The Kier molecular flexibility index (Phi) is 6.85. The summed E-state index contributed by atoms with van der Waals surface area (Å²) in [6, 6.07) is 16.6. The molecule has 0 spiro atoms. The summed E-state index contributed by atoms with van der Waals surface area (Å²) in [4.78, 5) is 26.6. The third-order valence-corrected chi connectivity index (χ3v) is 7.87. The van der Waals surface area contributed by atoms with Gasteiger partial charge in [-0.2, -0.15) is 0 Å². The highest BCUT2D eigenvalue weighted by Crippen LogP contribution is 2.34. The fraction of sp³-hybridized carbons (Fsp3) is 0.304. The monoisotopic (exact) mass is 484 g/mol. The van der Waals surface area contributed by atoms with Crippen molar-refractivity contribution in [2.24, 2.45) is 0 Å². The maximum atomic E-state index is 12.6. The van der Waals surface area contributed by atoms with Crippen molar-refractivity contribution in [2.75, 3.05) is 22.5 Å². The number of aryl methyl sites for hydroxylation is 1. The minimum Gasteiger partial charge on any atom is -0.312 e.